The van der Waals surface area contributed by atoms with Gasteiger partial charge in [-0.15, -0.1) is 0 Å². The van der Waals surface area contributed by atoms with Gasteiger partial charge in [-0.25, -0.2) is 4.98 Å². The van der Waals surface area contributed by atoms with Crippen molar-refractivity contribution in [2.75, 3.05) is 0 Å². The number of hydrogen-bond acceptors (Lipinski definition) is 4. The van der Waals surface area contributed by atoms with Crippen LogP contribution in [0.25, 0.3) is 11.3 Å². The van der Waals surface area contributed by atoms with Crippen LogP contribution < -0.4 is 0 Å². The second kappa shape index (κ2) is 5.05. The van der Waals surface area contributed by atoms with Crippen molar-refractivity contribution in [3.8, 4) is 23.1 Å². The highest BCUT2D eigenvalue weighted by Gasteiger charge is 2.36. The molecule has 116 valence electrons. The van der Waals surface area contributed by atoms with Gasteiger partial charge in [0.25, 0.3) is 0 Å². The highest BCUT2D eigenvalue weighted by Crippen LogP contribution is 2.42. The van der Waals surface area contributed by atoms with Crippen LogP contribution in [0.4, 0.5) is 13.2 Å². The van der Waals surface area contributed by atoms with Gasteiger partial charge < -0.3 is 9.52 Å². The molecule has 1 aromatic carbocycles. The Labute approximate surface area is 124 Å². The van der Waals surface area contributed by atoms with Gasteiger partial charge >= 0.3 is 6.18 Å². The minimum absolute atomic E-state index is 0.0231. The van der Waals surface area contributed by atoms with Crippen molar-refractivity contribution < 1.29 is 22.7 Å². The molecule has 0 amide bonds. The lowest BCUT2D eigenvalue weighted by atomic mass is 9.97. The third-order valence-corrected chi connectivity index (χ3v) is 2.96. The summed E-state index contributed by atoms with van der Waals surface area (Å²) in [6.07, 6.45) is -3.55. The summed E-state index contributed by atoms with van der Waals surface area (Å²) < 4.78 is 44.3. The maximum atomic E-state index is 12.9. The first-order valence-electron chi connectivity index (χ1n) is 6.35. The maximum Gasteiger partial charge on any atom is 0.420 e. The van der Waals surface area contributed by atoms with E-state index in [2.05, 4.69) is 4.98 Å². The van der Waals surface area contributed by atoms with Crippen LogP contribution in [0.2, 0.25) is 0 Å². The molecule has 1 N–H and O–H groups in total. The molecule has 0 radical (unpaired) electrons. The highest BCUT2D eigenvalue weighted by atomic mass is 19.4. The quantitative estimate of drug-likeness (QED) is 0.855. The van der Waals surface area contributed by atoms with Gasteiger partial charge in [-0.05, 0) is 12.1 Å². The predicted octanol–water partition coefficient (Wildman–Crippen LogP) is 4.24. The number of rotatable bonds is 1. The summed E-state index contributed by atoms with van der Waals surface area (Å²) in [5, 5.41) is 18.8. The van der Waals surface area contributed by atoms with Crippen LogP contribution in [0.1, 0.15) is 37.8 Å². The van der Waals surface area contributed by atoms with Crippen molar-refractivity contribution in [3.63, 3.8) is 0 Å². The molecule has 2 aromatic rings. The maximum absolute atomic E-state index is 12.9. The number of aromatic hydroxyl groups is 1. The van der Waals surface area contributed by atoms with Crippen molar-refractivity contribution in [1.82, 2.24) is 4.98 Å². The number of nitrogens with zero attached hydrogens (tertiary/aromatic N) is 2. The van der Waals surface area contributed by atoms with Gasteiger partial charge in [-0.3, -0.25) is 0 Å². The summed E-state index contributed by atoms with van der Waals surface area (Å²) in [7, 11) is 0. The van der Waals surface area contributed by atoms with Crippen molar-refractivity contribution in [3.05, 3.63) is 35.3 Å². The molecule has 0 bridgehead atoms. The molecule has 0 aliphatic heterocycles. The molecule has 22 heavy (non-hydrogen) atoms. The van der Waals surface area contributed by atoms with Crippen molar-refractivity contribution in [1.29, 1.82) is 5.26 Å². The van der Waals surface area contributed by atoms with Crippen LogP contribution >= 0.6 is 0 Å². The lowest BCUT2D eigenvalue weighted by Crippen LogP contribution is -2.10. The minimum atomic E-state index is -4.78. The summed E-state index contributed by atoms with van der Waals surface area (Å²) in [5.41, 5.74) is -2.16. The molecular formula is C15H13F3N2O2. The molecule has 0 fully saturated rings. The van der Waals surface area contributed by atoms with Gasteiger partial charge in [0.2, 0.25) is 0 Å². The fourth-order valence-electron chi connectivity index (χ4n) is 1.85. The molecule has 0 aliphatic rings. The number of phenolic OH excluding ortho intramolecular Hbond substituents is 1. The van der Waals surface area contributed by atoms with Gasteiger partial charge in [0.15, 0.2) is 11.7 Å². The van der Waals surface area contributed by atoms with E-state index in [4.69, 9.17) is 9.68 Å². The van der Waals surface area contributed by atoms with E-state index in [0.29, 0.717) is 12.0 Å². The number of oxazole rings is 1. The molecule has 0 saturated heterocycles. The van der Waals surface area contributed by atoms with Gasteiger partial charge in [0.1, 0.15) is 5.75 Å². The van der Waals surface area contributed by atoms with Gasteiger partial charge in [0, 0.05) is 5.41 Å². The van der Waals surface area contributed by atoms with Crippen LogP contribution in [0, 0.1) is 11.3 Å². The zero-order valence-electron chi connectivity index (χ0n) is 12.1. The topological polar surface area (TPSA) is 70.0 Å². The molecule has 2 rings (SSSR count). The SMILES string of the molecule is CC(C)(C)c1ncc(-c2cc(C#N)cc(C(F)(F)F)c2O)o1. The lowest BCUT2D eigenvalue weighted by Gasteiger charge is -2.13. The number of halogens is 3. The molecule has 0 unspecified atom stereocenters. The van der Waals surface area contributed by atoms with Crippen LogP contribution in [0.15, 0.2) is 22.7 Å². The Kier molecular flexibility index (Phi) is 3.65. The summed E-state index contributed by atoms with van der Waals surface area (Å²) >= 11 is 0. The smallest absolute Gasteiger partial charge is 0.420 e. The van der Waals surface area contributed by atoms with Crippen molar-refractivity contribution >= 4 is 0 Å². The van der Waals surface area contributed by atoms with Crippen LogP contribution in [-0.2, 0) is 11.6 Å². The molecule has 1 heterocycles. The average molecular weight is 310 g/mol. The van der Waals surface area contributed by atoms with E-state index in [9.17, 15) is 18.3 Å². The third kappa shape index (κ3) is 2.91. The van der Waals surface area contributed by atoms with E-state index >= 15 is 0 Å². The second-order valence-electron chi connectivity index (χ2n) is 5.81. The van der Waals surface area contributed by atoms with Crippen molar-refractivity contribution in [2.45, 2.75) is 32.4 Å². The Morgan fingerprint density at radius 2 is 1.86 bits per heavy atom. The number of hydrogen-bond donors (Lipinski definition) is 1. The average Bonchev–Trinajstić information content (AvgIpc) is 2.87. The molecule has 0 saturated carbocycles. The summed E-state index contributed by atoms with van der Waals surface area (Å²) in [6, 6.07) is 3.37. The molecule has 4 nitrogen and oxygen atoms in total. The third-order valence-electron chi connectivity index (χ3n) is 2.96. The Bertz CT molecular complexity index is 750. The first-order valence-corrected chi connectivity index (χ1v) is 6.35. The molecule has 0 aliphatic carbocycles. The lowest BCUT2D eigenvalue weighted by molar-refractivity contribution is -0.138. The zero-order valence-corrected chi connectivity index (χ0v) is 12.1. The van der Waals surface area contributed by atoms with Crippen LogP contribution in [-0.4, -0.2) is 10.1 Å². The Balaban J connectivity index is 2.66. The highest BCUT2D eigenvalue weighted by molar-refractivity contribution is 5.70. The van der Waals surface area contributed by atoms with E-state index < -0.39 is 22.9 Å². The Hall–Kier alpha value is -2.49. The Morgan fingerprint density at radius 3 is 2.32 bits per heavy atom. The largest absolute Gasteiger partial charge is 0.507 e. The van der Waals surface area contributed by atoms with E-state index in [1.54, 1.807) is 6.07 Å². The molecule has 0 atom stereocenters. The van der Waals surface area contributed by atoms with Crippen molar-refractivity contribution in [2.24, 2.45) is 0 Å². The number of benzene rings is 1. The molecule has 0 spiro atoms. The van der Waals surface area contributed by atoms with Crippen LogP contribution in [0.3, 0.4) is 0 Å². The van der Waals surface area contributed by atoms with E-state index in [1.807, 2.05) is 20.8 Å². The molecule has 1 aromatic heterocycles. The monoisotopic (exact) mass is 310 g/mol. The standard InChI is InChI=1S/C15H13F3N2O2/c1-14(2,3)13-20-7-11(22-13)9-4-8(6-19)5-10(12(9)21)15(16,17)18/h4-5,7,21H,1-3H3. The fraction of sp³-hybridized carbons (Fsp3) is 0.333. The first-order chi connectivity index (χ1) is 10.0. The van der Waals surface area contributed by atoms with Gasteiger partial charge in [-0.1, -0.05) is 20.8 Å². The number of nitriles is 1. The molecule has 7 heteroatoms. The van der Waals surface area contributed by atoms with Gasteiger partial charge in [-0.2, -0.15) is 18.4 Å². The number of aromatic nitrogens is 1. The van der Waals surface area contributed by atoms with E-state index in [-0.39, 0.29) is 16.9 Å². The minimum Gasteiger partial charge on any atom is -0.507 e. The number of alkyl halides is 3. The Morgan fingerprint density at radius 1 is 1.23 bits per heavy atom. The summed E-state index contributed by atoms with van der Waals surface area (Å²) in [4.78, 5) is 4.01. The summed E-state index contributed by atoms with van der Waals surface area (Å²) in [6.45, 7) is 5.49. The molecular weight excluding hydrogens is 297 g/mol. The number of phenols is 1. The predicted molar refractivity (Wildman–Crippen MR) is 72.0 cm³/mol. The second-order valence-corrected chi connectivity index (χ2v) is 5.81. The van der Waals surface area contributed by atoms with E-state index in [1.165, 1.54) is 6.20 Å². The van der Waals surface area contributed by atoms with Crippen LogP contribution in [0.5, 0.6) is 5.75 Å². The first kappa shape index (κ1) is 15.9. The van der Waals surface area contributed by atoms with Gasteiger partial charge in [0.05, 0.1) is 29.0 Å². The fourth-order valence-corrected chi connectivity index (χ4v) is 1.85. The normalized spacial score (nSPS) is 12.2. The summed E-state index contributed by atoms with van der Waals surface area (Å²) in [5.74, 6) is -0.689. The zero-order chi connectivity index (χ0) is 16.7. The van der Waals surface area contributed by atoms with E-state index in [0.717, 1.165) is 6.07 Å².